The van der Waals surface area contributed by atoms with E-state index in [0.717, 1.165) is 25.9 Å². The largest absolute Gasteiger partial charge is 1.00 e. The van der Waals surface area contributed by atoms with E-state index in [1.54, 1.807) is 0 Å². The van der Waals surface area contributed by atoms with E-state index < -0.39 is 31.0 Å². The predicted molar refractivity (Wildman–Crippen MR) is 61.1 cm³/mol. The molecule has 0 aromatic rings. The first kappa shape index (κ1) is 18.2. The highest BCUT2D eigenvalue weighted by molar-refractivity contribution is 4.80. The lowest BCUT2D eigenvalue weighted by Crippen LogP contribution is -3.00. The molecule has 0 radical (unpaired) electrons. The standard InChI is InChI=1S/C11H24NO5.BrH/c1-12(4-2-3-5-12)6-8(14)10(16)11(17)9(15)7-13;/h8-11,13-17H,2-7H2,1H3;1H/q+1;/p-1. The van der Waals surface area contributed by atoms with E-state index in [2.05, 4.69) is 0 Å². The smallest absolute Gasteiger partial charge is 0.131 e. The molecule has 1 saturated heterocycles. The molecule has 7 heteroatoms. The van der Waals surface area contributed by atoms with Gasteiger partial charge < -0.3 is 47.0 Å². The average Bonchev–Trinajstić information content (AvgIpc) is 2.72. The van der Waals surface area contributed by atoms with Crippen LogP contribution in [0.2, 0.25) is 0 Å². The number of hydrogen-bond donors (Lipinski definition) is 5. The molecule has 6 nitrogen and oxygen atoms in total. The first-order valence-corrected chi connectivity index (χ1v) is 6.06. The molecule has 0 amide bonds. The Morgan fingerprint density at radius 3 is 1.83 bits per heavy atom. The lowest BCUT2D eigenvalue weighted by molar-refractivity contribution is -0.901. The maximum absolute atomic E-state index is 9.84. The Morgan fingerprint density at radius 2 is 1.39 bits per heavy atom. The molecule has 4 unspecified atom stereocenters. The van der Waals surface area contributed by atoms with Gasteiger partial charge in [-0.15, -0.1) is 0 Å². The molecule has 1 aliphatic rings. The fourth-order valence-corrected chi connectivity index (χ4v) is 2.40. The van der Waals surface area contributed by atoms with Crippen molar-refractivity contribution in [2.45, 2.75) is 37.3 Å². The summed E-state index contributed by atoms with van der Waals surface area (Å²) in [5, 5.41) is 46.9. The third kappa shape index (κ3) is 4.73. The molecule has 0 aromatic carbocycles. The van der Waals surface area contributed by atoms with E-state index in [-0.39, 0.29) is 17.0 Å². The molecule has 1 heterocycles. The first-order valence-electron chi connectivity index (χ1n) is 6.06. The fraction of sp³-hybridized carbons (Fsp3) is 1.00. The van der Waals surface area contributed by atoms with Crippen molar-refractivity contribution in [2.24, 2.45) is 0 Å². The van der Waals surface area contributed by atoms with Crippen LogP contribution in [-0.4, -0.2) is 87.7 Å². The SMILES string of the molecule is C[N+]1(CC(O)C(O)C(O)C(O)CO)CCCC1.[Br-]. The Labute approximate surface area is 118 Å². The van der Waals surface area contributed by atoms with Crippen LogP contribution in [0.15, 0.2) is 0 Å². The Kier molecular flexibility index (Phi) is 7.84. The fourth-order valence-electron chi connectivity index (χ4n) is 2.40. The number of aliphatic hydroxyl groups is 5. The summed E-state index contributed by atoms with van der Waals surface area (Å²) in [4.78, 5) is 0. The summed E-state index contributed by atoms with van der Waals surface area (Å²) >= 11 is 0. The topological polar surface area (TPSA) is 101 Å². The molecule has 4 atom stereocenters. The van der Waals surface area contributed by atoms with Crippen molar-refractivity contribution in [1.82, 2.24) is 0 Å². The molecule has 0 aliphatic carbocycles. The van der Waals surface area contributed by atoms with Gasteiger partial charge in [0.05, 0.1) is 26.7 Å². The Morgan fingerprint density at radius 1 is 0.944 bits per heavy atom. The summed E-state index contributed by atoms with van der Waals surface area (Å²) in [7, 11) is 2.00. The van der Waals surface area contributed by atoms with Gasteiger partial charge in [-0.25, -0.2) is 0 Å². The van der Waals surface area contributed by atoms with Crippen molar-refractivity contribution in [3.05, 3.63) is 0 Å². The van der Waals surface area contributed by atoms with Gasteiger partial charge in [-0.1, -0.05) is 0 Å². The van der Waals surface area contributed by atoms with Crippen molar-refractivity contribution in [1.29, 1.82) is 0 Å². The van der Waals surface area contributed by atoms with Crippen LogP contribution < -0.4 is 17.0 Å². The zero-order valence-electron chi connectivity index (χ0n) is 10.6. The molecule has 18 heavy (non-hydrogen) atoms. The van der Waals surface area contributed by atoms with Gasteiger partial charge in [-0.05, 0) is 0 Å². The van der Waals surface area contributed by atoms with E-state index >= 15 is 0 Å². The number of hydrogen-bond acceptors (Lipinski definition) is 5. The van der Waals surface area contributed by atoms with E-state index in [1.807, 2.05) is 7.05 Å². The van der Waals surface area contributed by atoms with Gasteiger partial charge in [0.15, 0.2) is 0 Å². The highest BCUT2D eigenvalue weighted by Gasteiger charge is 2.36. The summed E-state index contributed by atoms with van der Waals surface area (Å²) in [5.41, 5.74) is 0. The second kappa shape index (κ2) is 7.74. The highest BCUT2D eigenvalue weighted by atomic mass is 79.9. The number of rotatable bonds is 6. The number of aliphatic hydroxyl groups excluding tert-OH is 5. The summed E-state index contributed by atoms with van der Waals surface area (Å²) in [6.07, 6.45) is -3.29. The third-order valence-corrected chi connectivity index (χ3v) is 3.60. The normalized spacial score (nSPS) is 25.0. The van der Waals surface area contributed by atoms with Gasteiger partial charge in [-0.2, -0.15) is 0 Å². The van der Waals surface area contributed by atoms with Gasteiger partial charge in [0.1, 0.15) is 31.0 Å². The molecule has 0 bridgehead atoms. The van der Waals surface area contributed by atoms with Gasteiger partial charge in [0.25, 0.3) is 0 Å². The van der Waals surface area contributed by atoms with Crippen LogP contribution in [0, 0.1) is 0 Å². The van der Waals surface area contributed by atoms with Crippen LogP contribution in [0.1, 0.15) is 12.8 Å². The summed E-state index contributed by atoms with van der Waals surface area (Å²) < 4.78 is 0.667. The van der Waals surface area contributed by atoms with Crippen LogP contribution in [-0.2, 0) is 0 Å². The van der Waals surface area contributed by atoms with E-state index in [1.165, 1.54) is 0 Å². The Bertz CT molecular complexity index is 237. The summed E-state index contributed by atoms with van der Waals surface area (Å²) in [6.45, 7) is 1.60. The number of likely N-dealkylation sites (tertiary alicyclic amines) is 1. The quantitative estimate of drug-likeness (QED) is 0.313. The number of likely N-dealkylation sites (N-methyl/N-ethyl adjacent to an activating group) is 1. The molecule has 1 fully saturated rings. The van der Waals surface area contributed by atoms with Crippen LogP contribution in [0.25, 0.3) is 0 Å². The number of halogens is 1. The molecule has 5 N–H and O–H groups in total. The average molecular weight is 330 g/mol. The van der Waals surface area contributed by atoms with Crippen molar-refractivity contribution in [3.8, 4) is 0 Å². The van der Waals surface area contributed by atoms with Crippen molar-refractivity contribution in [2.75, 3.05) is 33.3 Å². The van der Waals surface area contributed by atoms with Gasteiger partial charge in [0.2, 0.25) is 0 Å². The second-order valence-corrected chi connectivity index (χ2v) is 5.25. The van der Waals surface area contributed by atoms with E-state index in [9.17, 15) is 20.4 Å². The number of quaternary nitrogens is 1. The lowest BCUT2D eigenvalue weighted by atomic mass is 10.0. The van der Waals surface area contributed by atoms with Crippen molar-refractivity contribution < 1.29 is 47.0 Å². The van der Waals surface area contributed by atoms with Crippen LogP contribution in [0.3, 0.4) is 0 Å². The minimum absolute atomic E-state index is 0. The Balaban J connectivity index is 0.00000289. The molecule has 0 spiro atoms. The van der Waals surface area contributed by atoms with Crippen LogP contribution in [0.4, 0.5) is 0 Å². The second-order valence-electron chi connectivity index (χ2n) is 5.25. The van der Waals surface area contributed by atoms with Gasteiger partial charge in [0, 0.05) is 12.8 Å². The first-order chi connectivity index (χ1) is 7.89. The molecule has 0 saturated carbocycles. The molecule has 0 aromatic heterocycles. The maximum Gasteiger partial charge on any atom is 0.131 e. The third-order valence-electron chi connectivity index (χ3n) is 3.60. The molecule has 1 aliphatic heterocycles. The zero-order valence-corrected chi connectivity index (χ0v) is 12.2. The van der Waals surface area contributed by atoms with E-state index in [4.69, 9.17) is 5.11 Å². The summed E-state index contributed by atoms with van der Waals surface area (Å²) in [6, 6.07) is 0. The van der Waals surface area contributed by atoms with Crippen molar-refractivity contribution in [3.63, 3.8) is 0 Å². The predicted octanol–water partition coefficient (Wildman–Crippen LogP) is -5.33. The molecular weight excluding hydrogens is 306 g/mol. The Hall–Kier alpha value is 0.240. The number of nitrogens with zero attached hydrogens (tertiary/aromatic N) is 1. The van der Waals surface area contributed by atoms with E-state index in [0.29, 0.717) is 11.0 Å². The van der Waals surface area contributed by atoms with Gasteiger partial charge in [-0.3, -0.25) is 0 Å². The van der Waals surface area contributed by atoms with Gasteiger partial charge >= 0.3 is 0 Å². The lowest BCUT2D eigenvalue weighted by Gasteiger charge is -2.34. The monoisotopic (exact) mass is 329 g/mol. The molecular formula is C11H24BrNO5. The van der Waals surface area contributed by atoms with Crippen LogP contribution >= 0.6 is 0 Å². The maximum atomic E-state index is 9.84. The minimum Gasteiger partial charge on any atom is -1.00 e. The highest BCUT2D eigenvalue weighted by Crippen LogP contribution is 2.18. The van der Waals surface area contributed by atoms with Crippen molar-refractivity contribution >= 4 is 0 Å². The zero-order chi connectivity index (χ0) is 13.1. The van der Waals surface area contributed by atoms with Crippen LogP contribution in [0.5, 0.6) is 0 Å². The summed E-state index contributed by atoms with van der Waals surface area (Å²) in [5.74, 6) is 0. The molecule has 110 valence electrons. The molecule has 1 rings (SSSR count). The minimum atomic E-state index is -1.52.